The molecular formula is C15H19NO3. The van der Waals surface area contributed by atoms with Crippen LogP contribution in [0.4, 0.5) is 0 Å². The van der Waals surface area contributed by atoms with Crippen molar-refractivity contribution in [2.75, 3.05) is 20.8 Å². The number of hydrogen-bond acceptors (Lipinski definition) is 4. The van der Waals surface area contributed by atoms with Gasteiger partial charge in [-0.1, -0.05) is 24.3 Å². The molecule has 4 nitrogen and oxygen atoms in total. The van der Waals surface area contributed by atoms with Crippen molar-refractivity contribution in [3.63, 3.8) is 0 Å². The molecule has 1 atom stereocenters. The van der Waals surface area contributed by atoms with Gasteiger partial charge in [-0.25, -0.2) is 4.79 Å². The summed E-state index contributed by atoms with van der Waals surface area (Å²) in [6.45, 7) is 0.481. The Morgan fingerprint density at radius 2 is 2.11 bits per heavy atom. The molecule has 1 aromatic carbocycles. The van der Waals surface area contributed by atoms with Gasteiger partial charge in [-0.3, -0.25) is 0 Å². The molecule has 0 aromatic heterocycles. The fraction of sp³-hybridized carbons (Fsp3) is 0.533. The molecule has 0 amide bonds. The van der Waals surface area contributed by atoms with Crippen LogP contribution in [0, 0.1) is 0 Å². The smallest absolute Gasteiger partial charge is 0.235 e. The van der Waals surface area contributed by atoms with E-state index in [2.05, 4.69) is 4.99 Å². The minimum absolute atomic E-state index is 0.138. The Bertz CT molecular complexity index is 476. The van der Waals surface area contributed by atoms with Gasteiger partial charge in [0.05, 0.1) is 12.1 Å². The molecule has 0 heterocycles. The van der Waals surface area contributed by atoms with Crippen LogP contribution >= 0.6 is 0 Å². The number of aliphatic imine (C=N–C) groups is 1. The number of methoxy groups -OCH3 is 2. The van der Waals surface area contributed by atoms with Gasteiger partial charge >= 0.3 is 0 Å². The number of nitrogens with zero attached hydrogens (tertiary/aromatic N) is 1. The highest BCUT2D eigenvalue weighted by atomic mass is 16.5. The SMILES string of the molecule is COCC(OC)c1ccccc1C1(N=C=O)CCC1. The molecule has 1 aliphatic carbocycles. The van der Waals surface area contributed by atoms with E-state index in [-0.39, 0.29) is 6.10 Å². The molecule has 2 rings (SSSR count). The highest BCUT2D eigenvalue weighted by molar-refractivity contribution is 5.43. The van der Waals surface area contributed by atoms with Crippen molar-refractivity contribution in [2.24, 2.45) is 4.99 Å². The number of carbonyl (C=O) groups excluding carboxylic acids is 1. The number of benzene rings is 1. The van der Waals surface area contributed by atoms with Crippen LogP contribution in [0.2, 0.25) is 0 Å². The summed E-state index contributed by atoms with van der Waals surface area (Å²) >= 11 is 0. The second-order valence-corrected chi connectivity index (χ2v) is 4.86. The van der Waals surface area contributed by atoms with Crippen molar-refractivity contribution >= 4 is 6.08 Å². The van der Waals surface area contributed by atoms with E-state index in [9.17, 15) is 4.79 Å². The lowest BCUT2D eigenvalue weighted by Gasteiger charge is -2.39. The maximum Gasteiger partial charge on any atom is 0.235 e. The zero-order valence-corrected chi connectivity index (χ0v) is 11.4. The molecule has 1 aliphatic rings. The number of ether oxygens (including phenoxy) is 2. The second-order valence-electron chi connectivity index (χ2n) is 4.86. The Kier molecular flexibility index (Phi) is 4.48. The molecule has 0 saturated heterocycles. The Labute approximate surface area is 113 Å². The van der Waals surface area contributed by atoms with E-state index in [1.165, 1.54) is 0 Å². The van der Waals surface area contributed by atoms with Gasteiger partial charge < -0.3 is 9.47 Å². The Hall–Kier alpha value is -1.48. The first kappa shape index (κ1) is 13.9. The first-order chi connectivity index (χ1) is 9.27. The van der Waals surface area contributed by atoms with Crippen LogP contribution in [0.1, 0.15) is 36.5 Å². The third-order valence-electron chi connectivity index (χ3n) is 3.85. The van der Waals surface area contributed by atoms with Crippen LogP contribution in [-0.4, -0.2) is 26.9 Å². The lowest BCUT2D eigenvalue weighted by atomic mass is 9.70. The van der Waals surface area contributed by atoms with E-state index < -0.39 is 5.54 Å². The predicted octanol–water partition coefficient (Wildman–Crippen LogP) is 2.74. The molecule has 0 N–H and O–H groups in total. The summed E-state index contributed by atoms with van der Waals surface area (Å²) in [6, 6.07) is 7.98. The molecule has 1 aromatic rings. The summed E-state index contributed by atoms with van der Waals surface area (Å²) in [5.74, 6) is 0. The van der Waals surface area contributed by atoms with Crippen molar-refractivity contribution in [1.29, 1.82) is 0 Å². The minimum Gasteiger partial charge on any atom is -0.382 e. The fourth-order valence-corrected chi connectivity index (χ4v) is 2.68. The molecule has 1 saturated carbocycles. The van der Waals surface area contributed by atoms with E-state index in [4.69, 9.17) is 9.47 Å². The van der Waals surface area contributed by atoms with Crippen molar-refractivity contribution in [3.05, 3.63) is 35.4 Å². The molecule has 102 valence electrons. The molecule has 0 bridgehead atoms. The second kappa shape index (κ2) is 6.11. The summed E-state index contributed by atoms with van der Waals surface area (Å²) < 4.78 is 10.7. The quantitative estimate of drug-likeness (QED) is 0.584. The fourth-order valence-electron chi connectivity index (χ4n) is 2.68. The van der Waals surface area contributed by atoms with E-state index >= 15 is 0 Å². The summed E-state index contributed by atoms with van der Waals surface area (Å²) in [4.78, 5) is 14.8. The molecule has 1 unspecified atom stereocenters. The highest BCUT2D eigenvalue weighted by Gasteiger charge is 2.41. The first-order valence-corrected chi connectivity index (χ1v) is 6.47. The summed E-state index contributed by atoms with van der Waals surface area (Å²) in [7, 11) is 3.31. The van der Waals surface area contributed by atoms with Crippen molar-refractivity contribution in [3.8, 4) is 0 Å². The average Bonchev–Trinajstić information content (AvgIpc) is 2.40. The number of isocyanates is 1. The normalized spacial score (nSPS) is 18.2. The first-order valence-electron chi connectivity index (χ1n) is 6.47. The topological polar surface area (TPSA) is 47.9 Å². The molecule has 0 aliphatic heterocycles. The van der Waals surface area contributed by atoms with Gasteiger partial charge in [0, 0.05) is 14.2 Å². The molecule has 19 heavy (non-hydrogen) atoms. The maximum absolute atomic E-state index is 10.7. The van der Waals surface area contributed by atoms with E-state index in [1.54, 1.807) is 20.3 Å². The number of rotatable bonds is 6. The van der Waals surface area contributed by atoms with Crippen LogP contribution in [-0.2, 0) is 19.8 Å². The predicted molar refractivity (Wildman–Crippen MR) is 71.7 cm³/mol. The lowest BCUT2D eigenvalue weighted by Crippen LogP contribution is -2.33. The van der Waals surface area contributed by atoms with Crippen LogP contribution in [0.3, 0.4) is 0 Å². The van der Waals surface area contributed by atoms with E-state index in [0.717, 1.165) is 30.4 Å². The van der Waals surface area contributed by atoms with Crippen LogP contribution in [0.15, 0.2) is 29.3 Å². The van der Waals surface area contributed by atoms with E-state index in [1.807, 2.05) is 24.3 Å². The molecule has 4 heteroatoms. The Balaban J connectivity index is 2.43. The Morgan fingerprint density at radius 1 is 1.37 bits per heavy atom. The van der Waals surface area contributed by atoms with Gasteiger partial charge in [-0.05, 0) is 30.4 Å². The maximum atomic E-state index is 10.7. The average molecular weight is 261 g/mol. The van der Waals surface area contributed by atoms with E-state index in [0.29, 0.717) is 6.61 Å². The molecular weight excluding hydrogens is 242 g/mol. The van der Waals surface area contributed by atoms with Crippen LogP contribution in [0.25, 0.3) is 0 Å². The van der Waals surface area contributed by atoms with Gasteiger partial charge in [0.25, 0.3) is 0 Å². The minimum atomic E-state index is -0.400. The number of hydrogen-bond donors (Lipinski definition) is 0. The van der Waals surface area contributed by atoms with Gasteiger partial charge in [-0.15, -0.1) is 0 Å². The monoisotopic (exact) mass is 261 g/mol. The zero-order chi connectivity index (χ0) is 13.7. The van der Waals surface area contributed by atoms with Gasteiger partial charge in [0.2, 0.25) is 6.08 Å². The molecule has 0 spiro atoms. The van der Waals surface area contributed by atoms with Crippen LogP contribution < -0.4 is 0 Å². The van der Waals surface area contributed by atoms with Crippen LogP contribution in [0.5, 0.6) is 0 Å². The highest BCUT2D eigenvalue weighted by Crippen LogP contribution is 2.47. The Morgan fingerprint density at radius 3 is 2.63 bits per heavy atom. The van der Waals surface area contributed by atoms with Gasteiger partial charge in [0.15, 0.2) is 0 Å². The summed E-state index contributed by atoms with van der Waals surface area (Å²) in [5, 5.41) is 0. The van der Waals surface area contributed by atoms with Crippen molar-refractivity contribution in [2.45, 2.75) is 30.9 Å². The zero-order valence-electron chi connectivity index (χ0n) is 11.4. The largest absolute Gasteiger partial charge is 0.382 e. The summed E-state index contributed by atoms with van der Waals surface area (Å²) in [6.07, 6.45) is 4.46. The molecule has 1 fully saturated rings. The molecule has 0 radical (unpaired) electrons. The lowest BCUT2D eigenvalue weighted by molar-refractivity contribution is 0.0256. The van der Waals surface area contributed by atoms with Gasteiger partial charge in [0.1, 0.15) is 6.10 Å². The standard InChI is InChI=1S/C15H19NO3/c1-18-10-14(19-2)12-6-3-4-7-13(12)15(16-11-17)8-5-9-15/h3-4,6-7,14H,5,8-10H2,1-2H3. The van der Waals surface area contributed by atoms with Crippen molar-refractivity contribution in [1.82, 2.24) is 0 Å². The third-order valence-corrected chi connectivity index (χ3v) is 3.85. The van der Waals surface area contributed by atoms with Gasteiger partial charge in [-0.2, -0.15) is 4.99 Å². The van der Waals surface area contributed by atoms with Crippen molar-refractivity contribution < 1.29 is 14.3 Å². The third kappa shape index (κ3) is 2.61. The summed E-state index contributed by atoms with van der Waals surface area (Å²) in [5.41, 5.74) is 1.71.